The fraction of sp³-hybridized carbons (Fsp3) is 0.556. The molecule has 0 aromatic heterocycles. The van der Waals surface area contributed by atoms with E-state index >= 15 is 0 Å². The van der Waals surface area contributed by atoms with E-state index in [0.717, 1.165) is 6.42 Å². The first-order valence-electron chi connectivity index (χ1n) is 4.56. The molecule has 0 aromatic carbocycles. The van der Waals surface area contributed by atoms with Crippen LogP contribution in [0.4, 0.5) is 0 Å². The molecule has 0 spiro atoms. The number of carbonyl (C=O) groups is 2. The summed E-state index contributed by atoms with van der Waals surface area (Å²) in [7, 11) is 0. The van der Waals surface area contributed by atoms with Crippen LogP contribution >= 0.6 is 0 Å². The number of hydrogen-bond acceptors (Lipinski definition) is 3. The van der Waals surface area contributed by atoms with Gasteiger partial charge in [-0.2, -0.15) is 0 Å². The quantitative estimate of drug-likeness (QED) is 0.240. The monoisotopic (exact) mass is 196 g/mol. The van der Waals surface area contributed by atoms with Crippen LogP contribution in [0, 0.1) is 23.7 Å². The van der Waals surface area contributed by atoms with Gasteiger partial charge in [-0.3, -0.25) is 15.0 Å². The second kappa shape index (κ2) is 3.09. The molecule has 1 amide bonds. The zero-order valence-corrected chi connectivity index (χ0v) is 7.51. The van der Waals surface area contributed by atoms with E-state index < -0.39 is 17.8 Å². The van der Waals surface area contributed by atoms with Gasteiger partial charge in [-0.15, -0.1) is 0 Å². The summed E-state index contributed by atoms with van der Waals surface area (Å²) in [5.41, 5.74) is 2.04. The lowest BCUT2D eigenvalue weighted by molar-refractivity contribution is -0.147. The average Bonchev–Trinajstić information content (AvgIpc) is 2.74. The van der Waals surface area contributed by atoms with Crippen molar-refractivity contribution in [3.63, 3.8) is 0 Å². The van der Waals surface area contributed by atoms with E-state index in [9.17, 15) is 9.59 Å². The summed E-state index contributed by atoms with van der Waals surface area (Å²) >= 11 is 0. The second-order valence-electron chi connectivity index (χ2n) is 3.85. The Morgan fingerprint density at radius 3 is 2.36 bits per heavy atom. The lowest BCUT2D eigenvalue weighted by Gasteiger charge is -2.22. The number of nitrogens with one attached hydrogen (secondary N) is 1. The number of rotatable bonds is 2. The van der Waals surface area contributed by atoms with Gasteiger partial charge in [-0.25, -0.2) is 5.84 Å². The van der Waals surface area contributed by atoms with Crippen LogP contribution in [0.5, 0.6) is 0 Å². The number of carboxylic acids is 1. The van der Waals surface area contributed by atoms with E-state index in [2.05, 4.69) is 0 Å². The molecule has 2 rings (SSSR count). The lowest BCUT2D eigenvalue weighted by Crippen LogP contribution is -2.43. The number of aliphatic carboxylic acids is 1. The van der Waals surface area contributed by atoms with Gasteiger partial charge >= 0.3 is 5.97 Å². The third-order valence-corrected chi connectivity index (χ3v) is 3.19. The second-order valence-corrected chi connectivity index (χ2v) is 3.85. The number of carboxylic acid groups (broad SMARTS) is 1. The third-order valence-electron chi connectivity index (χ3n) is 3.19. The Kier molecular flexibility index (Phi) is 2.03. The first kappa shape index (κ1) is 9.21. The number of allylic oxidation sites excluding steroid dienone is 2. The predicted octanol–water partition coefficient (Wildman–Crippen LogP) is -0.501. The van der Waals surface area contributed by atoms with Gasteiger partial charge in [-0.05, 0) is 18.3 Å². The fourth-order valence-corrected chi connectivity index (χ4v) is 2.61. The zero-order valence-electron chi connectivity index (χ0n) is 7.51. The maximum Gasteiger partial charge on any atom is 0.307 e. The van der Waals surface area contributed by atoms with Crippen LogP contribution < -0.4 is 11.3 Å². The molecule has 2 aliphatic carbocycles. The molecule has 2 bridgehead atoms. The molecule has 5 nitrogen and oxygen atoms in total. The van der Waals surface area contributed by atoms with Gasteiger partial charge in [0.25, 0.3) is 0 Å². The van der Waals surface area contributed by atoms with Gasteiger partial charge in [0, 0.05) is 0 Å². The first-order chi connectivity index (χ1) is 6.65. The van der Waals surface area contributed by atoms with Crippen molar-refractivity contribution in [2.24, 2.45) is 29.5 Å². The highest BCUT2D eigenvalue weighted by Crippen LogP contribution is 2.47. The number of hydrogen-bond donors (Lipinski definition) is 3. The number of fused-ring (bicyclic) bond motifs is 2. The average molecular weight is 196 g/mol. The number of carbonyl (C=O) groups excluding carboxylic acids is 1. The van der Waals surface area contributed by atoms with Gasteiger partial charge in [0.15, 0.2) is 0 Å². The van der Waals surface area contributed by atoms with E-state index in [-0.39, 0.29) is 17.7 Å². The van der Waals surface area contributed by atoms with Crippen molar-refractivity contribution < 1.29 is 14.7 Å². The van der Waals surface area contributed by atoms with Gasteiger partial charge in [0.1, 0.15) is 0 Å². The highest BCUT2D eigenvalue weighted by molar-refractivity contribution is 5.86. The van der Waals surface area contributed by atoms with Crippen molar-refractivity contribution in [1.82, 2.24) is 5.43 Å². The van der Waals surface area contributed by atoms with E-state index in [1.165, 1.54) is 0 Å². The van der Waals surface area contributed by atoms with Gasteiger partial charge in [0.2, 0.25) is 5.91 Å². The zero-order chi connectivity index (χ0) is 10.3. The summed E-state index contributed by atoms with van der Waals surface area (Å²) in [5.74, 6) is 2.71. The maximum atomic E-state index is 11.4. The van der Waals surface area contributed by atoms with Crippen molar-refractivity contribution >= 4 is 11.9 Å². The molecule has 76 valence electrons. The molecule has 4 atom stereocenters. The molecule has 5 heteroatoms. The summed E-state index contributed by atoms with van der Waals surface area (Å²) in [6.45, 7) is 0. The Morgan fingerprint density at radius 1 is 1.29 bits per heavy atom. The highest BCUT2D eigenvalue weighted by atomic mass is 16.4. The van der Waals surface area contributed by atoms with Crippen molar-refractivity contribution in [2.75, 3.05) is 0 Å². The standard InChI is InChI=1S/C9H12N2O3/c10-11-8(12)6-4-1-2-5(3-4)7(6)9(13)14/h1-2,4-7H,3,10H2,(H,11,12)(H,13,14). The SMILES string of the molecule is NNC(=O)C1C2C=CC(C2)C1C(=O)O. The lowest BCUT2D eigenvalue weighted by atomic mass is 9.82. The maximum absolute atomic E-state index is 11.4. The summed E-state index contributed by atoms with van der Waals surface area (Å²) in [6, 6.07) is 0. The molecular formula is C9H12N2O3. The van der Waals surface area contributed by atoms with Gasteiger partial charge in [0.05, 0.1) is 11.8 Å². The molecule has 0 heterocycles. The normalized spacial score (nSPS) is 38.6. The Labute approximate surface area is 80.9 Å². The largest absolute Gasteiger partial charge is 0.481 e. The molecule has 0 aliphatic heterocycles. The fourth-order valence-electron chi connectivity index (χ4n) is 2.61. The number of nitrogens with two attached hydrogens (primary N) is 1. The van der Waals surface area contributed by atoms with Crippen LogP contribution in [0.3, 0.4) is 0 Å². The van der Waals surface area contributed by atoms with Crippen molar-refractivity contribution in [1.29, 1.82) is 0 Å². The molecular weight excluding hydrogens is 184 g/mol. The minimum Gasteiger partial charge on any atom is -0.481 e. The van der Waals surface area contributed by atoms with Crippen LogP contribution in [0.1, 0.15) is 6.42 Å². The highest BCUT2D eigenvalue weighted by Gasteiger charge is 2.51. The Bertz CT molecular complexity index is 313. The predicted molar refractivity (Wildman–Crippen MR) is 47.7 cm³/mol. The molecule has 1 fully saturated rings. The topological polar surface area (TPSA) is 92.4 Å². The van der Waals surface area contributed by atoms with Crippen molar-refractivity contribution in [2.45, 2.75) is 6.42 Å². The van der Waals surface area contributed by atoms with E-state index in [4.69, 9.17) is 10.9 Å². The third kappa shape index (κ3) is 1.13. The van der Waals surface area contributed by atoms with Gasteiger partial charge < -0.3 is 5.11 Å². The smallest absolute Gasteiger partial charge is 0.307 e. The molecule has 14 heavy (non-hydrogen) atoms. The molecule has 2 aliphatic rings. The minimum atomic E-state index is -0.907. The van der Waals surface area contributed by atoms with Gasteiger partial charge in [-0.1, -0.05) is 12.2 Å². The first-order valence-corrected chi connectivity index (χ1v) is 4.56. The summed E-state index contributed by atoms with van der Waals surface area (Å²) in [4.78, 5) is 22.4. The van der Waals surface area contributed by atoms with E-state index in [1.54, 1.807) is 0 Å². The number of hydrazine groups is 1. The van der Waals surface area contributed by atoms with Crippen LogP contribution in [0.15, 0.2) is 12.2 Å². The van der Waals surface area contributed by atoms with Crippen LogP contribution in [-0.2, 0) is 9.59 Å². The van der Waals surface area contributed by atoms with E-state index in [0.29, 0.717) is 0 Å². The van der Waals surface area contributed by atoms with Crippen LogP contribution in [-0.4, -0.2) is 17.0 Å². The molecule has 1 saturated carbocycles. The molecule has 0 aromatic rings. The summed E-state index contributed by atoms with van der Waals surface area (Å²) < 4.78 is 0. The summed E-state index contributed by atoms with van der Waals surface area (Å²) in [6.07, 6.45) is 4.57. The molecule has 0 saturated heterocycles. The van der Waals surface area contributed by atoms with E-state index in [1.807, 2.05) is 17.6 Å². The Balaban J connectivity index is 2.26. The summed E-state index contributed by atoms with van der Waals surface area (Å²) in [5, 5.41) is 9.00. The Hall–Kier alpha value is -1.36. The van der Waals surface area contributed by atoms with Crippen LogP contribution in [0.25, 0.3) is 0 Å². The van der Waals surface area contributed by atoms with Crippen molar-refractivity contribution in [3.05, 3.63) is 12.2 Å². The molecule has 4 N–H and O–H groups in total. The number of amides is 1. The Morgan fingerprint density at radius 2 is 1.86 bits per heavy atom. The minimum absolute atomic E-state index is 0.000185. The van der Waals surface area contributed by atoms with Crippen molar-refractivity contribution in [3.8, 4) is 0 Å². The molecule has 0 radical (unpaired) electrons. The molecule has 4 unspecified atom stereocenters. The van der Waals surface area contributed by atoms with Crippen LogP contribution in [0.2, 0.25) is 0 Å².